The number of rotatable bonds is 5. The fourth-order valence-electron chi connectivity index (χ4n) is 2.18. The average molecular weight is 356 g/mol. The minimum Gasteiger partial charge on any atom is -0.478 e. The molecule has 1 heterocycles. The normalized spacial score (nSPS) is 29.0. The maximum atomic E-state index is 10.6. The molecule has 0 saturated carbocycles. The molecule has 5 unspecified atom stereocenters. The molecule has 0 bridgehead atoms. The number of hydrogen-bond acceptors (Lipinski definition) is 7. The van der Waals surface area contributed by atoms with E-state index >= 15 is 0 Å². The highest BCUT2D eigenvalue weighted by Crippen LogP contribution is 2.27. The van der Waals surface area contributed by atoms with Crippen molar-refractivity contribution in [3.63, 3.8) is 0 Å². The van der Waals surface area contributed by atoms with Crippen molar-refractivity contribution in [1.29, 1.82) is 0 Å². The van der Waals surface area contributed by atoms with E-state index in [1.807, 2.05) is 13.8 Å². The molecule has 1 fully saturated rings. The Morgan fingerprint density at radius 1 is 1.16 bits per heavy atom. The van der Waals surface area contributed by atoms with Gasteiger partial charge in [0.25, 0.3) is 0 Å². The molecule has 5 N–H and O–H groups in total. The quantitative estimate of drug-likeness (QED) is 0.465. The van der Waals surface area contributed by atoms with Crippen LogP contribution in [0.3, 0.4) is 0 Å². The Morgan fingerprint density at radius 2 is 1.80 bits per heavy atom. The van der Waals surface area contributed by atoms with Crippen molar-refractivity contribution in [3.8, 4) is 5.75 Å². The molecule has 140 valence electrons. The molecule has 2 rings (SSSR count). The van der Waals surface area contributed by atoms with Crippen LogP contribution >= 0.6 is 0 Å². The van der Waals surface area contributed by atoms with Crippen LogP contribution in [-0.4, -0.2) is 68.8 Å². The molecule has 1 aromatic carbocycles. The molecule has 1 saturated heterocycles. The van der Waals surface area contributed by atoms with Crippen LogP contribution in [0.2, 0.25) is 0 Å². The number of carboxylic acids is 1. The van der Waals surface area contributed by atoms with Gasteiger partial charge >= 0.3 is 5.97 Å². The fourth-order valence-corrected chi connectivity index (χ4v) is 2.18. The van der Waals surface area contributed by atoms with Gasteiger partial charge in [-0.15, -0.1) is 0 Å². The van der Waals surface area contributed by atoms with Gasteiger partial charge in [-0.05, 0) is 12.1 Å². The second-order valence-electron chi connectivity index (χ2n) is 5.02. The maximum Gasteiger partial charge on any atom is 0.328 e. The smallest absolute Gasteiger partial charge is 0.328 e. The average Bonchev–Trinajstić information content (AvgIpc) is 2.63. The van der Waals surface area contributed by atoms with Gasteiger partial charge in [0.15, 0.2) is 0 Å². The monoisotopic (exact) mass is 356 g/mol. The minimum absolute atomic E-state index is 0.217. The van der Waals surface area contributed by atoms with Gasteiger partial charge in [0, 0.05) is 11.6 Å². The van der Waals surface area contributed by atoms with Crippen molar-refractivity contribution in [1.82, 2.24) is 0 Å². The summed E-state index contributed by atoms with van der Waals surface area (Å²) in [5.41, 5.74) is 0.423. The summed E-state index contributed by atoms with van der Waals surface area (Å²) in [7, 11) is 0. The topological polar surface area (TPSA) is 137 Å². The van der Waals surface area contributed by atoms with Gasteiger partial charge in [-0.3, -0.25) is 0 Å². The SMILES string of the molecule is CC.O=C(O)/C=C\c1ccccc1OC1OC(CO)C(O)C(O)C1O. The van der Waals surface area contributed by atoms with E-state index in [-0.39, 0.29) is 5.75 Å². The number of aliphatic carboxylic acids is 1. The standard InChI is InChI=1S/C15H18O8.C2H6/c16-7-10-12(19)13(20)14(21)15(23-10)22-9-4-2-1-3-8(9)5-6-11(17)18;1-2/h1-6,10,12-16,19-21H,7H2,(H,17,18);1-2H3/b6-5-;. The Kier molecular flexibility index (Phi) is 8.53. The van der Waals surface area contributed by atoms with Gasteiger partial charge in [0.1, 0.15) is 30.2 Å². The lowest BCUT2D eigenvalue weighted by atomic mass is 9.99. The lowest BCUT2D eigenvalue weighted by Crippen LogP contribution is -2.60. The number of carboxylic acid groups (broad SMARTS) is 1. The Hall–Kier alpha value is -1.97. The summed E-state index contributed by atoms with van der Waals surface area (Å²) in [6.07, 6.45) is -4.74. The van der Waals surface area contributed by atoms with E-state index < -0.39 is 43.3 Å². The van der Waals surface area contributed by atoms with E-state index in [0.717, 1.165) is 6.08 Å². The summed E-state index contributed by atoms with van der Waals surface area (Å²) in [6.45, 7) is 3.44. The molecule has 0 spiro atoms. The zero-order chi connectivity index (χ0) is 19.0. The molecule has 0 radical (unpaired) electrons. The third-order valence-corrected chi connectivity index (χ3v) is 3.42. The summed E-state index contributed by atoms with van der Waals surface area (Å²) in [5.74, 6) is -0.915. The van der Waals surface area contributed by atoms with E-state index in [2.05, 4.69) is 0 Å². The highest BCUT2D eigenvalue weighted by molar-refractivity contribution is 5.85. The third-order valence-electron chi connectivity index (χ3n) is 3.42. The first kappa shape index (κ1) is 21.1. The maximum absolute atomic E-state index is 10.6. The number of aliphatic hydroxyl groups is 4. The van der Waals surface area contributed by atoms with E-state index in [0.29, 0.717) is 5.56 Å². The first-order valence-electron chi connectivity index (χ1n) is 7.91. The van der Waals surface area contributed by atoms with Gasteiger partial charge in [-0.2, -0.15) is 0 Å². The predicted octanol–water partition coefficient (Wildman–Crippen LogP) is -0.0107. The number of ether oxygens (including phenoxy) is 2. The van der Waals surface area contributed by atoms with Gasteiger partial charge in [0.05, 0.1) is 6.61 Å². The van der Waals surface area contributed by atoms with Crippen LogP contribution in [-0.2, 0) is 9.53 Å². The lowest BCUT2D eigenvalue weighted by molar-refractivity contribution is -0.277. The Morgan fingerprint density at radius 3 is 2.40 bits per heavy atom. The summed E-state index contributed by atoms with van der Waals surface area (Å²) >= 11 is 0. The molecule has 0 aliphatic carbocycles. The molecule has 0 amide bonds. The Bertz CT molecular complexity index is 572. The molecule has 8 heteroatoms. The fraction of sp³-hybridized carbons (Fsp3) is 0.471. The van der Waals surface area contributed by atoms with Crippen molar-refractivity contribution in [2.24, 2.45) is 0 Å². The summed E-state index contributed by atoms with van der Waals surface area (Å²) in [6, 6.07) is 6.43. The van der Waals surface area contributed by atoms with E-state index in [9.17, 15) is 20.1 Å². The number of para-hydroxylation sites is 1. The van der Waals surface area contributed by atoms with Crippen LogP contribution in [0.1, 0.15) is 19.4 Å². The summed E-state index contributed by atoms with van der Waals surface area (Å²) in [4.78, 5) is 10.6. The van der Waals surface area contributed by atoms with Gasteiger partial charge in [0.2, 0.25) is 6.29 Å². The second-order valence-corrected chi connectivity index (χ2v) is 5.02. The van der Waals surface area contributed by atoms with Crippen molar-refractivity contribution in [2.75, 3.05) is 6.61 Å². The minimum atomic E-state index is -1.55. The second kappa shape index (κ2) is 10.1. The molecule has 25 heavy (non-hydrogen) atoms. The van der Waals surface area contributed by atoms with Gasteiger partial charge in [-0.25, -0.2) is 4.79 Å². The van der Waals surface area contributed by atoms with Crippen molar-refractivity contribution in [2.45, 2.75) is 44.6 Å². The van der Waals surface area contributed by atoms with E-state index in [1.54, 1.807) is 18.2 Å². The van der Waals surface area contributed by atoms with Crippen LogP contribution in [0.15, 0.2) is 30.3 Å². The Balaban J connectivity index is 0.00000151. The van der Waals surface area contributed by atoms with E-state index in [4.69, 9.17) is 19.7 Å². The first-order valence-corrected chi connectivity index (χ1v) is 7.91. The number of aliphatic hydroxyl groups excluding tert-OH is 4. The zero-order valence-corrected chi connectivity index (χ0v) is 14.0. The molecule has 5 atom stereocenters. The highest BCUT2D eigenvalue weighted by Gasteiger charge is 2.44. The van der Waals surface area contributed by atoms with Crippen LogP contribution < -0.4 is 4.74 Å². The van der Waals surface area contributed by atoms with Crippen LogP contribution in [0.25, 0.3) is 6.08 Å². The Labute approximate surface area is 145 Å². The highest BCUT2D eigenvalue weighted by atomic mass is 16.7. The van der Waals surface area contributed by atoms with Crippen molar-refractivity contribution >= 4 is 12.0 Å². The molecule has 1 aliphatic rings. The van der Waals surface area contributed by atoms with E-state index in [1.165, 1.54) is 12.1 Å². The first-order chi connectivity index (χ1) is 11.9. The van der Waals surface area contributed by atoms with Gasteiger partial charge in [-0.1, -0.05) is 32.0 Å². The molecule has 1 aromatic rings. The molecule has 1 aliphatic heterocycles. The summed E-state index contributed by atoms with van der Waals surface area (Å²) in [5, 5.41) is 47.2. The largest absolute Gasteiger partial charge is 0.478 e. The van der Waals surface area contributed by atoms with Gasteiger partial charge < -0.3 is 35.0 Å². The zero-order valence-electron chi connectivity index (χ0n) is 14.0. The third kappa shape index (κ3) is 5.52. The number of carbonyl (C=O) groups is 1. The number of benzene rings is 1. The number of hydrogen-bond donors (Lipinski definition) is 5. The predicted molar refractivity (Wildman–Crippen MR) is 88.9 cm³/mol. The molecule has 0 aromatic heterocycles. The molecular weight excluding hydrogens is 332 g/mol. The van der Waals surface area contributed by atoms with Crippen LogP contribution in [0.5, 0.6) is 5.75 Å². The lowest BCUT2D eigenvalue weighted by Gasteiger charge is -2.39. The van der Waals surface area contributed by atoms with Crippen LogP contribution in [0, 0.1) is 0 Å². The molecule has 8 nitrogen and oxygen atoms in total. The van der Waals surface area contributed by atoms with Crippen molar-refractivity contribution in [3.05, 3.63) is 35.9 Å². The summed E-state index contributed by atoms with van der Waals surface area (Å²) < 4.78 is 10.7. The van der Waals surface area contributed by atoms with Crippen LogP contribution in [0.4, 0.5) is 0 Å². The molecular formula is C17H24O8. The van der Waals surface area contributed by atoms with Crippen molar-refractivity contribution < 1.29 is 39.8 Å².